The van der Waals surface area contributed by atoms with Crippen LogP contribution in [0.25, 0.3) is 0 Å². The molecule has 3 rings (SSSR count). The van der Waals surface area contributed by atoms with Gasteiger partial charge >= 0.3 is 0 Å². The Morgan fingerprint density at radius 2 is 2.08 bits per heavy atom. The highest BCUT2D eigenvalue weighted by Crippen LogP contribution is 2.16. The molecule has 0 saturated carbocycles. The fraction of sp³-hybridized carbons (Fsp3) is 0.438. The number of nitrogens with zero attached hydrogens (tertiary/aromatic N) is 4. The standard InChI is InChI=1S/C16H21N5O3.ClH/c1-23-13-4-2-3-12(9-13)16(22)21-7-5-20(6-8-21)11-14-18-15(10-17)24-19-14;/h2-4,9H,5-8,10-11,17H2,1H3;1H. The Kier molecular flexibility index (Phi) is 6.74. The summed E-state index contributed by atoms with van der Waals surface area (Å²) in [5, 5.41) is 3.90. The number of methoxy groups -OCH3 is 1. The summed E-state index contributed by atoms with van der Waals surface area (Å²) >= 11 is 0. The number of benzene rings is 1. The van der Waals surface area contributed by atoms with E-state index >= 15 is 0 Å². The van der Waals surface area contributed by atoms with Gasteiger partial charge in [0.2, 0.25) is 5.89 Å². The van der Waals surface area contributed by atoms with Crippen molar-refractivity contribution in [3.8, 4) is 5.75 Å². The predicted octanol–water partition coefficient (Wildman–Crippen LogP) is 0.917. The average Bonchev–Trinajstić information content (AvgIpc) is 3.09. The molecule has 1 fully saturated rings. The molecule has 1 aromatic heterocycles. The molecular formula is C16H22ClN5O3. The van der Waals surface area contributed by atoms with Crippen LogP contribution in [-0.4, -0.2) is 59.1 Å². The molecule has 136 valence electrons. The summed E-state index contributed by atoms with van der Waals surface area (Å²) < 4.78 is 10.2. The third-order valence-corrected chi connectivity index (χ3v) is 4.03. The van der Waals surface area contributed by atoms with Crippen molar-refractivity contribution in [3.63, 3.8) is 0 Å². The number of amides is 1. The fourth-order valence-electron chi connectivity index (χ4n) is 2.69. The van der Waals surface area contributed by atoms with E-state index in [4.69, 9.17) is 15.0 Å². The van der Waals surface area contributed by atoms with Gasteiger partial charge in [0.25, 0.3) is 5.91 Å². The molecule has 1 aliphatic rings. The van der Waals surface area contributed by atoms with Gasteiger partial charge in [-0.15, -0.1) is 12.4 Å². The van der Waals surface area contributed by atoms with E-state index in [-0.39, 0.29) is 24.9 Å². The SMILES string of the molecule is COc1cccc(C(=O)N2CCN(Cc3noc(CN)n3)CC2)c1.Cl. The van der Waals surface area contributed by atoms with Gasteiger partial charge in [0.1, 0.15) is 5.75 Å². The normalized spacial score (nSPS) is 14.9. The maximum Gasteiger partial charge on any atom is 0.254 e. The van der Waals surface area contributed by atoms with Crippen molar-refractivity contribution in [2.75, 3.05) is 33.3 Å². The summed E-state index contributed by atoms with van der Waals surface area (Å²) in [7, 11) is 1.59. The van der Waals surface area contributed by atoms with E-state index < -0.39 is 0 Å². The third-order valence-electron chi connectivity index (χ3n) is 4.03. The van der Waals surface area contributed by atoms with Gasteiger partial charge in [-0.3, -0.25) is 9.69 Å². The van der Waals surface area contributed by atoms with Crippen LogP contribution in [0.3, 0.4) is 0 Å². The molecule has 0 atom stereocenters. The Morgan fingerprint density at radius 1 is 1.32 bits per heavy atom. The monoisotopic (exact) mass is 367 g/mol. The van der Waals surface area contributed by atoms with Gasteiger partial charge in [-0.25, -0.2) is 0 Å². The van der Waals surface area contributed by atoms with Crippen molar-refractivity contribution in [1.82, 2.24) is 19.9 Å². The van der Waals surface area contributed by atoms with Crippen molar-refractivity contribution < 1.29 is 14.1 Å². The zero-order chi connectivity index (χ0) is 16.9. The van der Waals surface area contributed by atoms with Crippen LogP contribution in [0, 0.1) is 0 Å². The Hall–Kier alpha value is -2.16. The van der Waals surface area contributed by atoms with Crippen LogP contribution in [0.5, 0.6) is 5.75 Å². The van der Waals surface area contributed by atoms with Crippen LogP contribution < -0.4 is 10.5 Å². The second-order valence-corrected chi connectivity index (χ2v) is 5.61. The molecule has 2 aromatic rings. The molecule has 0 radical (unpaired) electrons. The quantitative estimate of drug-likeness (QED) is 0.838. The van der Waals surface area contributed by atoms with Gasteiger partial charge in [0.15, 0.2) is 5.82 Å². The van der Waals surface area contributed by atoms with Gasteiger partial charge in [0, 0.05) is 31.7 Å². The van der Waals surface area contributed by atoms with Crippen LogP contribution in [0.2, 0.25) is 0 Å². The molecule has 1 aromatic carbocycles. The van der Waals surface area contributed by atoms with Crippen LogP contribution >= 0.6 is 12.4 Å². The molecule has 1 amide bonds. The van der Waals surface area contributed by atoms with Gasteiger partial charge in [-0.1, -0.05) is 11.2 Å². The second-order valence-electron chi connectivity index (χ2n) is 5.61. The number of aromatic nitrogens is 2. The Balaban J connectivity index is 0.00000225. The molecule has 2 heterocycles. The lowest BCUT2D eigenvalue weighted by Gasteiger charge is -2.34. The molecule has 0 unspecified atom stereocenters. The summed E-state index contributed by atoms with van der Waals surface area (Å²) in [5.41, 5.74) is 6.11. The summed E-state index contributed by atoms with van der Waals surface area (Å²) in [6, 6.07) is 7.23. The highest BCUT2D eigenvalue weighted by Gasteiger charge is 2.23. The topological polar surface area (TPSA) is 97.7 Å². The summed E-state index contributed by atoms with van der Waals surface area (Å²) in [6.07, 6.45) is 0. The summed E-state index contributed by atoms with van der Waals surface area (Å²) in [6.45, 7) is 3.71. The first-order valence-corrected chi connectivity index (χ1v) is 7.87. The van der Waals surface area contributed by atoms with E-state index in [0.717, 1.165) is 13.1 Å². The lowest BCUT2D eigenvalue weighted by molar-refractivity contribution is 0.0624. The molecule has 1 aliphatic heterocycles. The smallest absolute Gasteiger partial charge is 0.254 e. The molecule has 25 heavy (non-hydrogen) atoms. The number of piperazine rings is 1. The van der Waals surface area contributed by atoms with Crippen LogP contribution in [-0.2, 0) is 13.1 Å². The number of hydrogen-bond donors (Lipinski definition) is 1. The average molecular weight is 368 g/mol. The number of hydrogen-bond acceptors (Lipinski definition) is 7. The highest BCUT2D eigenvalue weighted by molar-refractivity contribution is 5.94. The van der Waals surface area contributed by atoms with E-state index in [9.17, 15) is 4.79 Å². The van der Waals surface area contributed by atoms with Crippen molar-refractivity contribution >= 4 is 18.3 Å². The van der Waals surface area contributed by atoms with Crippen molar-refractivity contribution in [1.29, 1.82) is 0 Å². The van der Waals surface area contributed by atoms with Gasteiger partial charge in [-0.2, -0.15) is 4.98 Å². The minimum Gasteiger partial charge on any atom is -0.497 e. The van der Waals surface area contributed by atoms with E-state index in [1.165, 1.54) is 0 Å². The van der Waals surface area contributed by atoms with Crippen LogP contribution in [0.15, 0.2) is 28.8 Å². The van der Waals surface area contributed by atoms with Crippen molar-refractivity contribution in [2.24, 2.45) is 5.73 Å². The molecule has 1 saturated heterocycles. The first-order valence-electron chi connectivity index (χ1n) is 7.87. The number of ether oxygens (including phenoxy) is 1. The summed E-state index contributed by atoms with van der Waals surface area (Å²) in [4.78, 5) is 20.8. The Labute approximate surface area is 152 Å². The second kappa shape index (κ2) is 8.80. The Morgan fingerprint density at radius 3 is 2.72 bits per heavy atom. The number of carbonyl (C=O) groups is 1. The van der Waals surface area contributed by atoms with Gasteiger partial charge in [-0.05, 0) is 18.2 Å². The molecule has 0 aliphatic carbocycles. The number of nitrogens with two attached hydrogens (primary N) is 1. The minimum atomic E-state index is 0. The van der Waals surface area contributed by atoms with Crippen molar-refractivity contribution in [2.45, 2.75) is 13.1 Å². The zero-order valence-corrected chi connectivity index (χ0v) is 14.9. The first kappa shape index (κ1) is 19.2. The first-order chi connectivity index (χ1) is 11.7. The third kappa shape index (κ3) is 4.68. The van der Waals surface area contributed by atoms with Gasteiger partial charge in [0.05, 0.1) is 20.2 Å². The Bertz CT molecular complexity index is 701. The highest BCUT2D eigenvalue weighted by atomic mass is 35.5. The molecule has 0 spiro atoms. The fourth-order valence-corrected chi connectivity index (χ4v) is 2.69. The van der Waals surface area contributed by atoms with Gasteiger partial charge < -0.3 is 19.9 Å². The largest absolute Gasteiger partial charge is 0.497 e. The van der Waals surface area contributed by atoms with E-state index in [1.54, 1.807) is 13.2 Å². The van der Waals surface area contributed by atoms with E-state index in [1.807, 2.05) is 23.1 Å². The zero-order valence-electron chi connectivity index (χ0n) is 14.1. The van der Waals surface area contributed by atoms with Crippen molar-refractivity contribution in [3.05, 3.63) is 41.5 Å². The number of rotatable bonds is 5. The molecule has 9 heteroatoms. The molecule has 0 bridgehead atoms. The number of carbonyl (C=O) groups excluding carboxylic acids is 1. The number of halogens is 1. The molecular weight excluding hydrogens is 346 g/mol. The van der Waals surface area contributed by atoms with Crippen LogP contribution in [0.4, 0.5) is 0 Å². The van der Waals surface area contributed by atoms with E-state index in [2.05, 4.69) is 15.0 Å². The van der Waals surface area contributed by atoms with Crippen LogP contribution in [0.1, 0.15) is 22.1 Å². The lowest BCUT2D eigenvalue weighted by atomic mass is 10.1. The maximum absolute atomic E-state index is 12.6. The molecule has 2 N–H and O–H groups in total. The molecule has 8 nitrogen and oxygen atoms in total. The lowest BCUT2D eigenvalue weighted by Crippen LogP contribution is -2.48. The minimum absolute atomic E-state index is 0. The summed E-state index contributed by atoms with van der Waals surface area (Å²) in [5.74, 6) is 1.78. The van der Waals surface area contributed by atoms with E-state index in [0.29, 0.717) is 42.7 Å². The maximum atomic E-state index is 12.6. The predicted molar refractivity (Wildman–Crippen MR) is 93.6 cm³/mol.